The number of para-hydroxylation sites is 1. The van der Waals surface area contributed by atoms with E-state index in [0.717, 1.165) is 36.7 Å². The maximum absolute atomic E-state index is 5.86. The number of fused-ring (bicyclic) bond motifs is 1. The van der Waals surface area contributed by atoms with Crippen molar-refractivity contribution in [1.29, 1.82) is 0 Å². The Morgan fingerprint density at radius 3 is 3.00 bits per heavy atom. The van der Waals surface area contributed by atoms with Crippen molar-refractivity contribution in [3.05, 3.63) is 35.1 Å². The van der Waals surface area contributed by atoms with E-state index >= 15 is 0 Å². The molecule has 0 radical (unpaired) electrons. The molecule has 0 atom stereocenters. The van der Waals surface area contributed by atoms with E-state index in [-0.39, 0.29) is 0 Å². The minimum atomic E-state index is 0.837. The highest BCUT2D eigenvalue weighted by Gasteiger charge is 2.13. The summed E-state index contributed by atoms with van der Waals surface area (Å²) in [4.78, 5) is 4.43. The predicted octanol–water partition coefficient (Wildman–Crippen LogP) is 2.59. The number of nitrogens with zero attached hydrogens (tertiary/aromatic N) is 1. The number of rotatable bonds is 2. The van der Waals surface area contributed by atoms with Gasteiger partial charge in [-0.15, -0.1) is 0 Å². The van der Waals surface area contributed by atoms with Crippen molar-refractivity contribution >= 4 is 16.8 Å². The van der Waals surface area contributed by atoms with Crippen LogP contribution in [0.2, 0.25) is 0 Å². The Bertz CT molecular complexity index is 596. The van der Waals surface area contributed by atoms with E-state index in [1.54, 1.807) is 0 Å². The number of aliphatic imine (C=N–C) groups is 1. The molecular formula is C14H16N2O. The van der Waals surface area contributed by atoms with Gasteiger partial charge in [0.05, 0.1) is 6.54 Å². The maximum atomic E-state index is 5.86. The van der Waals surface area contributed by atoms with Crippen molar-refractivity contribution in [2.75, 3.05) is 13.1 Å². The third kappa shape index (κ3) is 1.71. The average Bonchev–Trinajstić information content (AvgIpc) is 2.91. The van der Waals surface area contributed by atoms with Crippen LogP contribution in [0.25, 0.3) is 11.0 Å². The minimum Gasteiger partial charge on any atom is -0.461 e. The van der Waals surface area contributed by atoms with E-state index in [4.69, 9.17) is 4.42 Å². The van der Waals surface area contributed by atoms with E-state index in [2.05, 4.69) is 35.4 Å². The molecule has 3 nitrogen and oxygen atoms in total. The lowest BCUT2D eigenvalue weighted by Crippen LogP contribution is -2.20. The van der Waals surface area contributed by atoms with E-state index in [9.17, 15) is 0 Å². The van der Waals surface area contributed by atoms with Crippen LogP contribution >= 0.6 is 0 Å². The van der Waals surface area contributed by atoms with Gasteiger partial charge >= 0.3 is 0 Å². The summed E-state index contributed by atoms with van der Waals surface area (Å²) in [6.45, 7) is 5.98. The lowest BCUT2D eigenvalue weighted by atomic mass is 10.1. The Morgan fingerprint density at radius 2 is 2.24 bits per heavy atom. The molecule has 0 amide bonds. The van der Waals surface area contributed by atoms with Crippen molar-refractivity contribution in [1.82, 2.24) is 5.32 Å². The number of furan rings is 1. The maximum Gasteiger partial charge on any atom is 0.138 e. The van der Waals surface area contributed by atoms with E-state index < -0.39 is 0 Å². The van der Waals surface area contributed by atoms with Crippen LogP contribution in [0.4, 0.5) is 0 Å². The molecule has 2 aromatic rings. The van der Waals surface area contributed by atoms with Gasteiger partial charge in [-0.1, -0.05) is 18.2 Å². The van der Waals surface area contributed by atoms with Crippen molar-refractivity contribution in [2.45, 2.75) is 20.3 Å². The van der Waals surface area contributed by atoms with Gasteiger partial charge in [-0.25, -0.2) is 0 Å². The van der Waals surface area contributed by atoms with Gasteiger partial charge in [0.2, 0.25) is 0 Å². The van der Waals surface area contributed by atoms with Crippen LogP contribution < -0.4 is 5.32 Å². The van der Waals surface area contributed by atoms with Gasteiger partial charge < -0.3 is 9.73 Å². The van der Waals surface area contributed by atoms with Crippen molar-refractivity contribution in [2.24, 2.45) is 4.99 Å². The Labute approximate surface area is 101 Å². The molecular weight excluding hydrogens is 212 g/mol. The summed E-state index contributed by atoms with van der Waals surface area (Å²) in [5.74, 6) is 2.08. The average molecular weight is 228 g/mol. The first-order valence-corrected chi connectivity index (χ1v) is 6.00. The minimum absolute atomic E-state index is 0.837. The van der Waals surface area contributed by atoms with E-state index in [1.807, 2.05) is 6.92 Å². The molecule has 1 aliphatic heterocycles. The largest absolute Gasteiger partial charge is 0.461 e. The number of benzene rings is 1. The SMILES string of the molecule is Cc1oc2c(CC3=NCCN3)cccc2c1C. The summed E-state index contributed by atoms with van der Waals surface area (Å²) in [5, 5.41) is 4.52. The molecule has 17 heavy (non-hydrogen) atoms. The number of hydrogen-bond acceptors (Lipinski definition) is 3. The van der Waals surface area contributed by atoms with Crippen molar-refractivity contribution in [3.8, 4) is 0 Å². The van der Waals surface area contributed by atoms with Gasteiger partial charge in [0.1, 0.15) is 17.2 Å². The first-order chi connectivity index (χ1) is 8.25. The Morgan fingerprint density at radius 1 is 1.35 bits per heavy atom. The van der Waals surface area contributed by atoms with E-state index in [1.165, 1.54) is 16.5 Å². The van der Waals surface area contributed by atoms with Crippen molar-refractivity contribution in [3.63, 3.8) is 0 Å². The van der Waals surface area contributed by atoms with Gasteiger partial charge in [0.15, 0.2) is 0 Å². The molecule has 3 heteroatoms. The van der Waals surface area contributed by atoms with Gasteiger partial charge in [-0.2, -0.15) is 0 Å². The smallest absolute Gasteiger partial charge is 0.138 e. The molecule has 0 aliphatic carbocycles. The summed E-state index contributed by atoms with van der Waals surface area (Å²) in [7, 11) is 0. The van der Waals surface area contributed by atoms with Crippen molar-refractivity contribution < 1.29 is 4.42 Å². The molecule has 0 unspecified atom stereocenters. The summed E-state index contributed by atoms with van der Waals surface area (Å²) in [5.41, 5.74) is 3.47. The topological polar surface area (TPSA) is 37.5 Å². The number of hydrogen-bond donors (Lipinski definition) is 1. The fourth-order valence-electron chi connectivity index (χ4n) is 2.30. The fraction of sp³-hybridized carbons (Fsp3) is 0.357. The van der Waals surface area contributed by atoms with Crippen LogP contribution in [-0.2, 0) is 6.42 Å². The monoisotopic (exact) mass is 228 g/mol. The van der Waals surface area contributed by atoms with E-state index in [0.29, 0.717) is 0 Å². The second-order valence-corrected chi connectivity index (χ2v) is 4.51. The Kier molecular flexibility index (Phi) is 2.39. The molecule has 0 saturated heterocycles. The number of nitrogens with one attached hydrogen (secondary N) is 1. The molecule has 2 heterocycles. The van der Waals surface area contributed by atoms with Gasteiger partial charge in [-0.3, -0.25) is 4.99 Å². The lowest BCUT2D eigenvalue weighted by Gasteiger charge is -2.03. The standard InChI is InChI=1S/C14H16N2O/c1-9-10(2)17-14-11(4-3-5-12(9)14)8-13-15-6-7-16-13/h3-5H,6-8H2,1-2H3,(H,15,16). The molecule has 1 aliphatic rings. The van der Waals surface area contributed by atoms with Gasteiger partial charge in [0, 0.05) is 23.9 Å². The molecule has 1 aromatic carbocycles. The molecule has 1 aromatic heterocycles. The van der Waals surface area contributed by atoms with Crippen LogP contribution in [-0.4, -0.2) is 18.9 Å². The fourth-order valence-corrected chi connectivity index (χ4v) is 2.30. The van der Waals surface area contributed by atoms with Crippen LogP contribution in [0, 0.1) is 13.8 Å². The van der Waals surface area contributed by atoms with Crippen LogP contribution in [0.15, 0.2) is 27.6 Å². The first-order valence-electron chi connectivity index (χ1n) is 6.00. The highest BCUT2D eigenvalue weighted by molar-refractivity contribution is 5.91. The Balaban J connectivity index is 2.07. The third-order valence-corrected chi connectivity index (χ3v) is 3.39. The van der Waals surface area contributed by atoms with Crippen LogP contribution in [0.3, 0.4) is 0 Å². The number of aryl methyl sites for hydroxylation is 2. The molecule has 0 fully saturated rings. The zero-order valence-electron chi connectivity index (χ0n) is 10.2. The summed E-state index contributed by atoms with van der Waals surface area (Å²) in [6.07, 6.45) is 0.837. The van der Waals surface area contributed by atoms with Crippen LogP contribution in [0.1, 0.15) is 16.9 Å². The third-order valence-electron chi connectivity index (χ3n) is 3.39. The molecule has 0 spiro atoms. The zero-order valence-corrected chi connectivity index (χ0v) is 10.2. The summed E-state index contributed by atoms with van der Waals surface area (Å²) in [6, 6.07) is 6.33. The molecule has 1 N–H and O–H groups in total. The zero-order chi connectivity index (χ0) is 11.8. The Hall–Kier alpha value is -1.77. The molecule has 0 saturated carbocycles. The first kappa shape index (κ1) is 10.4. The van der Waals surface area contributed by atoms with Gasteiger partial charge in [0.25, 0.3) is 0 Å². The molecule has 3 rings (SSSR count). The normalized spacial score (nSPS) is 15.1. The number of amidine groups is 1. The molecule has 88 valence electrons. The second kappa shape index (κ2) is 3.91. The highest BCUT2D eigenvalue weighted by Crippen LogP contribution is 2.27. The quantitative estimate of drug-likeness (QED) is 0.857. The summed E-state index contributed by atoms with van der Waals surface area (Å²) < 4.78 is 5.86. The predicted molar refractivity (Wildman–Crippen MR) is 69.7 cm³/mol. The summed E-state index contributed by atoms with van der Waals surface area (Å²) >= 11 is 0. The lowest BCUT2D eigenvalue weighted by molar-refractivity contribution is 0.572. The second-order valence-electron chi connectivity index (χ2n) is 4.51. The highest BCUT2D eigenvalue weighted by atomic mass is 16.3. The van der Waals surface area contributed by atoms with Crippen LogP contribution in [0.5, 0.6) is 0 Å². The van der Waals surface area contributed by atoms with Gasteiger partial charge in [-0.05, 0) is 19.4 Å². The molecule has 0 bridgehead atoms.